The summed E-state index contributed by atoms with van der Waals surface area (Å²) < 4.78 is 14.4. The van der Waals surface area contributed by atoms with E-state index in [1.807, 2.05) is 0 Å². The summed E-state index contributed by atoms with van der Waals surface area (Å²) in [5.41, 5.74) is 0. The van der Waals surface area contributed by atoms with E-state index in [4.69, 9.17) is 0 Å². The van der Waals surface area contributed by atoms with Crippen LogP contribution in [0.15, 0.2) is 0 Å². The number of hydrogen-bond acceptors (Lipinski definition) is 0. The predicted molar refractivity (Wildman–Crippen MR) is 80.8 cm³/mol. The first-order valence-corrected chi connectivity index (χ1v) is 8.61. The molecule has 0 amide bonds. The Balaban J connectivity index is 2.11. The average molecular weight is 268 g/mol. The summed E-state index contributed by atoms with van der Waals surface area (Å²) in [7, 11) is 0. The molecule has 0 aromatic rings. The Labute approximate surface area is 119 Å². The van der Waals surface area contributed by atoms with Crippen LogP contribution in [-0.2, 0) is 0 Å². The molecule has 0 radical (unpaired) electrons. The van der Waals surface area contributed by atoms with Gasteiger partial charge in [0.15, 0.2) is 0 Å². The molecular weight excluding hydrogens is 235 g/mol. The zero-order valence-electron chi connectivity index (χ0n) is 13.5. The van der Waals surface area contributed by atoms with Crippen molar-refractivity contribution in [2.45, 2.75) is 72.9 Å². The van der Waals surface area contributed by atoms with Crippen LogP contribution in [-0.4, -0.2) is 6.17 Å². The number of hydrogen-bond donors (Lipinski definition) is 0. The van der Waals surface area contributed by atoms with E-state index in [0.29, 0.717) is 5.92 Å². The molecule has 0 spiro atoms. The van der Waals surface area contributed by atoms with Gasteiger partial charge in [0.2, 0.25) is 0 Å². The van der Waals surface area contributed by atoms with E-state index in [1.165, 1.54) is 25.7 Å². The molecule has 2 fully saturated rings. The molecule has 112 valence electrons. The molecule has 1 heteroatoms. The van der Waals surface area contributed by atoms with Crippen LogP contribution in [0.25, 0.3) is 0 Å². The minimum Gasteiger partial charge on any atom is -0.247 e. The molecule has 0 aliphatic heterocycles. The Morgan fingerprint density at radius 1 is 0.789 bits per heavy atom. The normalized spacial score (nSPS) is 52.1. The molecule has 19 heavy (non-hydrogen) atoms. The Morgan fingerprint density at radius 2 is 1.37 bits per heavy atom. The lowest BCUT2D eigenvalue weighted by molar-refractivity contribution is -0.0154. The van der Waals surface area contributed by atoms with Crippen LogP contribution in [0.4, 0.5) is 4.39 Å². The highest BCUT2D eigenvalue weighted by Crippen LogP contribution is 2.50. The molecule has 0 nitrogen and oxygen atoms in total. The van der Waals surface area contributed by atoms with Crippen LogP contribution < -0.4 is 0 Å². The van der Waals surface area contributed by atoms with Crippen molar-refractivity contribution in [2.24, 2.45) is 41.4 Å². The average Bonchev–Trinajstić information content (AvgIpc) is 2.40. The van der Waals surface area contributed by atoms with Crippen molar-refractivity contribution in [1.29, 1.82) is 0 Å². The number of halogens is 1. The summed E-state index contributed by atoms with van der Waals surface area (Å²) in [6.45, 7) is 11.5. The lowest BCUT2D eigenvalue weighted by Crippen LogP contribution is -2.43. The minimum atomic E-state index is -0.564. The van der Waals surface area contributed by atoms with Gasteiger partial charge in [-0.25, -0.2) is 4.39 Å². The van der Waals surface area contributed by atoms with Gasteiger partial charge in [-0.2, -0.15) is 0 Å². The summed E-state index contributed by atoms with van der Waals surface area (Å²) >= 11 is 0. The highest BCUT2D eigenvalue weighted by Gasteiger charge is 2.44. The second-order valence-electron chi connectivity index (χ2n) is 7.67. The van der Waals surface area contributed by atoms with Gasteiger partial charge in [-0.3, -0.25) is 0 Å². The van der Waals surface area contributed by atoms with Crippen LogP contribution in [0.3, 0.4) is 0 Å². The van der Waals surface area contributed by atoms with E-state index < -0.39 is 6.17 Å². The van der Waals surface area contributed by atoms with Crippen molar-refractivity contribution >= 4 is 0 Å². The van der Waals surface area contributed by atoms with Gasteiger partial charge in [0, 0.05) is 0 Å². The molecule has 0 aromatic carbocycles. The zero-order valence-corrected chi connectivity index (χ0v) is 13.5. The standard InChI is InChI=1S/C18H33F/c1-6-15-13(4)11(2)7-10-17(15)16-9-8-12(3)18(19)14(16)5/h11-18H,6-10H2,1-5H3. The fourth-order valence-corrected chi connectivity index (χ4v) is 5.19. The Bertz CT molecular complexity index is 287. The van der Waals surface area contributed by atoms with E-state index in [9.17, 15) is 4.39 Å². The van der Waals surface area contributed by atoms with Gasteiger partial charge in [-0.1, -0.05) is 47.5 Å². The van der Waals surface area contributed by atoms with Gasteiger partial charge >= 0.3 is 0 Å². The summed E-state index contributed by atoms with van der Waals surface area (Å²) in [6, 6.07) is 0. The van der Waals surface area contributed by atoms with Gasteiger partial charge in [-0.05, 0) is 60.7 Å². The molecule has 0 heterocycles. The third kappa shape index (κ3) is 2.85. The molecule has 2 aliphatic carbocycles. The molecule has 0 bridgehead atoms. The molecular formula is C18H33F. The van der Waals surface area contributed by atoms with E-state index >= 15 is 0 Å². The van der Waals surface area contributed by atoms with Gasteiger partial charge in [-0.15, -0.1) is 0 Å². The largest absolute Gasteiger partial charge is 0.247 e. The highest BCUT2D eigenvalue weighted by molar-refractivity contribution is 4.93. The predicted octanol–water partition coefficient (Wildman–Crippen LogP) is 5.72. The molecule has 0 saturated heterocycles. The van der Waals surface area contributed by atoms with E-state index in [1.54, 1.807) is 0 Å². The highest BCUT2D eigenvalue weighted by atomic mass is 19.1. The third-order valence-electron chi connectivity index (χ3n) is 6.78. The van der Waals surface area contributed by atoms with Crippen molar-refractivity contribution in [3.63, 3.8) is 0 Å². The molecule has 8 unspecified atom stereocenters. The van der Waals surface area contributed by atoms with Crippen molar-refractivity contribution < 1.29 is 4.39 Å². The zero-order chi connectivity index (χ0) is 14.2. The fourth-order valence-electron chi connectivity index (χ4n) is 5.19. The van der Waals surface area contributed by atoms with Gasteiger partial charge in [0.1, 0.15) is 6.17 Å². The maximum atomic E-state index is 14.4. The van der Waals surface area contributed by atoms with Crippen molar-refractivity contribution in [2.75, 3.05) is 0 Å². The van der Waals surface area contributed by atoms with E-state index in [0.717, 1.165) is 30.1 Å². The first-order valence-electron chi connectivity index (χ1n) is 8.61. The molecule has 2 aliphatic rings. The molecule has 8 atom stereocenters. The van der Waals surface area contributed by atoms with Gasteiger partial charge < -0.3 is 0 Å². The lowest BCUT2D eigenvalue weighted by Gasteiger charge is -2.48. The smallest absolute Gasteiger partial charge is 0.105 e. The summed E-state index contributed by atoms with van der Waals surface area (Å²) in [5.74, 6) is 4.52. The second-order valence-corrected chi connectivity index (χ2v) is 7.67. The summed E-state index contributed by atoms with van der Waals surface area (Å²) in [5, 5.41) is 0. The number of alkyl halides is 1. The third-order valence-corrected chi connectivity index (χ3v) is 6.78. The van der Waals surface area contributed by atoms with Crippen molar-refractivity contribution in [3.8, 4) is 0 Å². The molecule has 2 rings (SSSR count). The maximum absolute atomic E-state index is 14.4. The van der Waals surface area contributed by atoms with Gasteiger partial charge in [0.05, 0.1) is 0 Å². The van der Waals surface area contributed by atoms with Crippen molar-refractivity contribution in [1.82, 2.24) is 0 Å². The minimum absolute atomic E-state index is 0.281. The lowest BCUT2D eigenvalue weighted by atomic mass is 9.58. The van der Waals surface area contributed by atoms with Crippen LogP contribution in [0.1, 0.15) is 66.7 Å². The van der Waals surface area contributed by atoms with Crippen molar-refractivity contribution in [3.05, 3.63) is 0 Å². The van der Waals surface area contributed by atoms with Crippen LogP contribution in [0, 0.1) is 41.4 Å². The van der Waals surface area contributed by atoms with Gasteiger partial charge in [0.25, 0.3) is 0 Å². The van der Waals surface area contributed by atoms with Crippen LogP contribution in [0.2, 0.25) is 0 Å². The monoisotopic (exact) mass is 268 g/mol. The SMILES string of the molecule is CCC1C(C)C(C)CCC1C1CCC(C)C(F)C1C. The van der Waals surface area contributed by atoms with E-state index in [2.05, 4.69) is 34.6 Å². The topological polar surface area (TPSA) is 0 Å². The second kappa shape index (κ2) is 6.14. The summed E-state index contributed by atoms with van der Waals surface area (Å²) in [4.78, 5) is 0. The quantitative estimate of drug-likeness (QED) is 0.601. The fraction of sp³-hybridized carbons (Fsp3) is 1.00. The Morgan fingerprint density at radius 3 is 2.00 bits per heavy atom. The van der Waals surface area contributed by atoms with Crippen LogP contribution in [0.5, 0.6) is 0 Å². The molecule has 0 N–H and O–H groups in total. The molecule has 2 saturated carbocycles. The van der Waals surface area contributed by atoms with Crippen LogP contribution >= 0.6 is 0 Å². The molecule has 0 aromatic heterocycles. The first kappa shape index (κ1) is 15.3. The summed E-state index contributed by atoms with van der Waals surface area (Å²) in [6.07, 6.45) is 5.80. The first-order chi connectivity index (χ1) is 8.97. The maximum Gasteiger partial charge on any atom is 0.105 e. The Kier molecular flexibility index (Phi) is 4.95. The Hall–Kier alpha value is -0.0700. The van der Waals surface area contributed by atoms with E-state index in [-0.39, 0.29) is 11.8 Å². The number of rotatable bonds is 2.